The second kappa shape index (κ2) is 8.13. The van der Waals surface area contributed by atoms with Crippen LogP contribution < -0.4 is 5.32 Å². The van der Waals surface area contributed by atoms with Gasteiger partial charge in [-0.3, -0.25) is 0 Å². The molecule has 0 amide bonds. The van der Waals surface area contributed by atoms with E-state index in [0.717, 1.165) is 56.4 Å². The summed E-state index contributed by atoms with van der Waals surface area (Å²) in [5.74, 6) is 0.795. The Balaban J connectivity index is 2.05. The molecule has 0 aromatic heterocycles. The zero-order chi connectivity index (χ0) is 12.7. The summed E-state index contributed by atoms with van der Waals surface area (Å²) in [6, 6.07) is 0. The van der Waals surface area contributed by atoms with Gasteiger partial charge in [0.1, 0.15) is 5.75 Å². The van der Waals surface area contributed by atoms with Gasteiger partial charge >= 0.3 is 0 Å². The molecule has 1 N–H and O–H groups in total. The molecule has 0 bridgehead atoms. The molecule has 1 aliphatic rings. The Kier molecular flexibility index (Phi) is 7.18. The van der Waals surface area contributed by atoms with Crippen molar-refractivity contribution in [1.29, 1.82) is 0 Å². The lowest BCUT2D eigenvalue weighted by Gasteiger charge is -2.34. The van der Waals surface area contributed by atoms with Gasteiger partial charge in [-0.1, -0.05) is 11.2 Å². The standard InChI is InChI=1S/C11H23N3OS2/c1-13-6-8-14(9-7-13)11(16)12-5-3-4-10-17(2)15/h3-10H2,1-2H3,(H,12,16). The first-order valence-corrected chi connectivity index (χ1v) is 8.24. The van der Waals surface area contributed by atoms with Crippen LogP contribution in [0.5, 0.6) is 0 Å². The van der Waals surface area contributed by atoms with Crippen molar-refractivity contribution in [1.82, 2.24) is 15.1 Å². The molecule has 0 aromatic carbocycles. The first-order chi connectivity index (χ1) is 8.09. The molecule has 1 atom stereocenters. The molecular weight excluding hydrogens is 254 g/mol. The van der Waals surface area contributed by atoms with Gasteiger partial charge in [-0.25, -0.2) is 0 Å². The summed E-state index contributed by atoms with van der Waals surface area (Å²) in [6.07, 6.45) is 3.79. The summed E-state index contributed by atoms with van der Waals surface area (Å²) in [6.45, 7) is 5.08. The highest BCUT2D eigenvalue weighted by molar-refractivity contribution is 7.90. The molecule has 0 aliphatic carbocycles. The summed E-state index contributed by atoms with van der Waals surface area (Å²) < 4.78 is 10.9. The molecule has 1 heterocycles. The van der Waals surface area contributed by atoms with E-state index in [2.05, 4.69) is 22.2 Å². The van der Waals surface area contributed by atoms with Crippen molar-refractivity contribution < 1.29 is 4.55 Å². The minimum atomic E-state index is -0.665. The number of nitrogens with one attached hydrogen (secondary N) is 1. The van der Waals surface area contributed by atoms with E-state index in [0.29, 0.717) is 0 Å². The van der Waals surface area contributed by atoms with Gasteiger partial charge in [0.05, 0.1) is 6.26 Å². The smallest absolute Gasteiger partial charge is 0.169 e. The molecule has 0 spiro atoms. The van der Waals surface area contributed by atoms with E-state index in [1.165, 1.54) is 0 Å². The number of nitrogens with zero attached hydrogens (tertiary/aromatic N) is 2. The molecule has 1 rings (SSSR count). The molecule has 0 radical (unpaired) electrons. The fourth-order valence-electron chi connectivity index (χ4n) is 1.75. The Bertz CT molecular complexity index is 231. The predicted octanol–water partition coefficient (Wildman–Crippen LogP) is 0.267. The molecular formula is C11H23N3OS2. The van der Waals surface area contributed by atoms with E-state index in [-0.39, 0.29) is 0 Å². The number of thiocarbonyl (C=S) groups is 1. The topological polar surface area (TPSA) is 41.6 Å². The molecule has 1 aliphatic heterocycles. The van der Waals surface area contributed by atoms with Crippen molar-refractivity contribution in [2.75, 3.05) is 51.8 Å². The van der Waals surface area contributed by atoms with Crippen LogP contribution in [0.2, 0.25) is 0 Å². The van der Waals surface area contributed by atoms with Crippen molar-refractivity contribution in [3.05, 3.63) is 0 Å². The highest BCUT2D eigenvalue weighted by Gasteiger charge is 2.15. The number of piperazine rings is 1. The highest BCUT2D eigenvalue weighted by Crippen LogP contribution is 2.00. The summed E-state index contributed by atoms with van der Waals surface area (Å²) in [4.78, 5) is 4.54. The fraction of sp³-hybridized carbons (Fsp3) is 0.909. The first kappa shape index (κ1) is 15.0. The molecule has 100 valence electrons. The monoisotopic (exact) mass is 277 g/mol. The third-order valence-electron chi connectivity index (χ3n) is 2.93. The Morgan fingerprint density at radius 2 is 1.94 bits per heavy atom. The molecule has 1 fully saturated rings. The third-order valence-corrected chi connectivity index (χ3v) is 4.19. The zero-order valence-corrected chi connectivity index (χ0v) is 12.4. The van der Waals surface area contributed by atoms with E-state index >= 15 is 0 Å². The largest absolute Gasteiger partial charge is 0.617 e. The Labute approximate surface area is 113 Å². The van der Waals surface area contributed by atoms with Crippen LogP contribution in [0.3, 0.4) is 0 Å². The van der Waals surface area contributed by atoms with Crippen LogP contribution in [0.15, 0.2) is 0 Å². The highest BCUT2D eigenvalue weighted by atomic mass is 32.2. The Morgan fingerprint density at radius 1 is 1.29 bits per heavy atom. The van der Waals surface area contributed by atoms with Crippen molar-refractivity contribution in [3.8, 4) is 0 Å². The molecule has 0 saturated carbocycles. The van der Waals surface area contributed by atoms with E-state index in [1.54, 1.807) is 6.26 Å². The van der Waals surface area contributed by atoms with Gasteiger partial charge in [0.2, 0.25) is 0 Å². The molecule has 6 heteroatoms. The maximum absolute atomic E-state index is 10.9. The Morgan fingerprint density at radius 3 is 2.53 bits per heavy atom. The average Bonchev–Trinajstić information content (AvgIpc) is 2.29. The number of likely N-dealkylation sites (N-methyl/N-ethyl adjacent to an activating group) is 1. The third kappa shape index (κ3) is 6.45. The summed E-state index contributed by atoms with van der Waals surface area (Å²) in [5, 5.41) is 4.15. The van der Waals surface area contributed by atoms with Gasteiger partial charge < -0.3 is 19.7 Å². The van der Waals surface area contributed by atoms with Crippen molar-refractivity contribution in [3.63, 3.8) is 0 Å². The molecule has 1 unspecified atom stereocenters. The van der Waals surface area contributed by atoms with Crippen molar-refractivity contribution >= 4 is 28.5 Å². The second-order valence-corrected chi connectivity index (χ2v) is 6.45. The number of hydrogen-bond acceptors (Lipinski definition) is 3. The quantitative estimate of drug-likeness (QED) is 0.444. The lowest BCUT2D eigenvalue weighted by molar-refractivity contribution is 0.214. The van der Waals surface area contributed by atoms with Gasteiger partial charge in [0, 0.05) is 32.7 Å². The molecule has 17 heavy (non-hydrogen) atoms. The maximum Gasteiger partial charge on any atom is 0.169 e. The number of rotatable bonds is 5. The van der Waals surface area contributed by atoms with Crippen LogP contribution in [-0.4, -0.2) is 71.2 Å². The lowest BCUT2D eigenvalue weighted by Crippen LogP contribution is -2.50. The van der Waals surface area contributed by atoms with Gasteiger partial charge in [0.25, 0.3) is 0 Å². The van der Waals surface area contributed by atoms with Crippen LogP contribution in [0.1, 0.15) is 12.8 Å². The molecule has 0 aromatic rings. The van der Waals surface area contributed by atoms with E-state index in [4.69, 9.17) is 12.2 Å². The van der Waals surface area contributed by atoms with Crippen molar-refractivity contribution in [2.24, 2.45) is 0 Å². The van der Waals surface area contributed by atoms with E-state index < -0.39 is 11.2 Å². The van der Waals surface area contributed by atoms with Gasteiger partial charge in [-0.05, 0) is 32.1 Å². The average molecular weight is 277 g/mol. The second-order valence-electron chi connectivity index (χ2n) is 4.51. The summed E-state index contributed by atoms with van der Waals surface area (Å²) in [7, 11) is 2.14. The molecule has 4 nitrogen and oxygen atoms in total. The van der Waals surface area contributed by atoms with Gasteiger partial charge in [-0.2, -0.15) is 0 Å². The normalized spacial score (nSPS) is 19.1. The van der Waals surface area contributed by atoms with Crippen LogP contribution in [0.4, 0.5) is 0 Å². The lowest BCUT2D eigenvalue weighted by atomic mass is 10.3. The summed E-state index contributed by atoms with van der Waals surface area (Å²) >= 11 is 4.69. The minimum absolute atomic E-state index is 0.665. The summed E-state index contributed by atoms with van der Waals surface area (Å²) in [5.41, 5.74) is 0. The minimum Gasteiger partial charge on any atom is -0.617 e. The number of unbranched alkanes of at least 4 members (excludes halogenated alkanes) is 1. The predicted molar refractivity (Wildman–Crippen MR) is 77.8 cm³/mol. The maximum atomic E-state index is 10.9. The number of hydrogen-bond donors (Lipinski definition) is 1. The SMILES string of the molecule is CN1CCN(C(=S)NCCCC[S+](C)[O-])CC1. The van der Waals surface area contributed by atoms with Gasteiger partial charge in [-0.15, -0.1) is 0 Å². The van der Waals surface area contributed by atoms with Crippen LogP contribution in [0.25, 0.3) is 0 Å². The van der Waals surface area contributed by atoms with Crippen molar-refractivity contribution in [2.45, 2.75) is 12.8 Å². The zero-order valence-electron chi connectivity index (χ0n) is 10.8. The van der Waals surface area contributed by atoms with Crippen LogP contribution in [0, 0.1) is 0 Å². The van der Waals surface area contributed by atoms with Crippen LogP contribution >= 0.6 is 12.2 Å². The first-order valence-electron chi connectivity index (χ1n) is 6.11. The Hall–Kier alpha value is -0.0400. The fourth-order valence-corrected chi connectivity index (χ4v) is 2.64. The van der Waals surface area contributed by atoms with Crippen LogP contribution in [-0.2, 0) is 11.2 Å². The van der Waals surface area contributed by atoms with E-state index in [1.807, 2.05) is 0 Å². The molecule has 1 saturated heterocycles. The van der Waals surface area contributed by atoms with E-state index in [9.17, 15) is 4.55 Å². The van der Waals surface area contributed by atoms with Gasteiger partial charge in [0.15, 0.2) is 5.11 Å².